The molecule has 4 aliphatic rings. The summed E-state index contributed by atoms with van der Waals surface area (Å²) < 4.78 is 0. The van der Waals surface area contributed by atoms with Crippen molar-refractivity contribution in [2.24, 2.45) is 28.6 Å². The molecule has 3 saturated carbocycles. The quantitative estimate of drug-likeness (QED) is 0.533. The van der Waals surface area contributed by atoms with Crippen molar-refractivity contribution in [3.63, 3.8) is 0 Å². The van der Waals surface area contributed by atoms with Gasteiger partial charge in [-0.05, 0) is 68.1 Å². The number of carbonyl (C=O) groups excluding carboxylic acids is 1. The number of aliphatic hydroxyl groups is 1. The summed E-state index contributed by atoms with van der Waals surface area (Å²) in [5, 5.41) is 10.6. The number of Topliss-reactive ketones (excluding diaryl/α,β-unsaturated/α-hetero) is 1. The van der Waals surface area contributed by atoms with E-state index < -0.39 is 5.60 Å². The van der Waals surface area contributed by atoms with Crippen LogP contribution in [0.5, 0.6) is 0 Å². The molecule has 2 heteroatoms. The number of carbonyl (C=O) groups is 1. The monoisotopic (exact) mass is 326 g/mol. The van der Waals surface area contributed by atoms with Crippen molar-refractivity contribution in [3.8, 4) is 12.3 Å². The lowest BCUT2D eigenvalue weighted by atomic mass is 9.44. The normalized spacial score (nSPS) is 50.8. The van der Waals surface area contributed by atoms with Crippen molar-refractivity contribution < 1.29 is 9.90 Å². The van der Waals surface area contributed by atoms with E-state index in [1.54, 1.807) is 0 Å². The summed E-state index contributed by atoms with van der Waals surface area (Å²) in [6.07, 6.45) is 16.7. The summed E-state index contributed by atoms with van der Waals surface area (Å²) in [6.45, 7) is 4.65. The van der Waals surface area contributed by atoms with Crippen LogP contribution in [0.4, 0.5) is 0 Å². The first kappa shape index (κ1) is 16.4. The van der Waals surface area contributed by atoms with Crippen LogP contribution in [0.25, 0.3) is 0 Å². The van der Waals surface area contributed by atoms with E-state index in [-0.39, 0.29) is 10.8 Å². The molecular weight excluding hydrogens is 296 g/mol. The van der Waals surface area contributed by atoms with Crippen LogP contribution < -0.4 is 0 Å². The number of rotatable bonds is 0. The Labute approximate surface area is 146 Å². The van der Waals surface area contributed by atoms with Gasteiger partial charge in [0.25, 0.3) is 0 Å². The third-order valence-corrected chi connectivity index (χ3v) is 8.38. The van der Waals surface area contributed by atoms with Crippen molar-refractivity contribution in [2.45, 2.75) is 77.2 Å². The van der Waals surface area contributed by atoms with Gasteiger partial charge in [0, 0.05) is 18.3 Å². The van der Waals surface area contributed by atoms with Gasteiger partial charge in [-0.15, -0.1) is 6.42 Å². The van der Waals surface area contributed by atoms with Gasteiger partial charge in [0.1, 0.15) is 11.4 Å². The number of hydrogen-bond donors (Lipinski definition) is 1. The van der Waals surface area contributed by atoms with Crippen LogP contribution in [0.3, 0.4) is 0 Å². The first-order chi connectivity index (χ1) is 11.3. The Kier molecular flexibility index (Phi) is 3.56. The summed E-state index contributed by atoms with van der Waals surface area (Å²) in [5.41, 5.74) is 0.548. The summed E-state index contributed by atoms with van der Waals surface area (Å²) in [4.78, 5) is 12.6. The predicted octanol–water partition coefficient (Wildman–Crippen LogP) is 4.27. The van der Waals surface area contributed by atoms with Crippen molar-refractivity contribution in [1.29, 1.82) is 0 Å². The van der Waals surface area contributed by atoms with Crippen LogP contribution in [0.2, 0.25) is 0 Å². The summed E-state index contributed by atoms with van der Waals surface area (Å²) in [7, 11) is 0. The number of fused-ring (bicyclic) bond motifs is 5. The van der Waals surface area contributed by atoms with E-state index in [9.17, 15) is 9.90 Å². The highest BCUT2D eigenvalue weighted by Gasteiger charge is 2.58. The van der Waals surface area contributed by atoms with Crippen LogP contribution in [0, 0.1) is 40.9 Å². The molecule has 1 N–H and O–H groups in total. The minimum absolute atomic E-state index is 0.0741. The summed E-state index contributed by atoms with van der Waals surface area (Å²) in [5.74, 6) is 5.00. The molecule has 0 amide bonds. The van der Waals surface area contributed by atoms with Crippen LogP contribution >= 0.6 is 0 Å². The van der Waals surface area contributed by atoms with Crippen LogP contribution in [0.1, 0.15) is 71.6 Å². The van der Waals surface area contributed by atoms with Crippen molar-refractivity contribution >= 4 is 5.78 Å². The third-order valence-electron chi connectivity index (χ3n) is 8.38. The first-order valence-corrected chi connectivity index (χ1v) is 9.75. The fourth-order valence-electron chi connectivity index (χ4n) is 6.74. The number of ketones is 1. The highest BCUT2D eigenvalue weighted by molar-refractivity contribution is 5.85. The molecule has 130 valence electrons. The molecular formula is C22H30O2. The topological polar surface area (TPSA) is 37.3 Å². The maximum Gasteiger partial charge on any atom is 0.139 e. The average molecular weight is 326 g/mol. The standard InChI is InChI=1S/C22H30O2/c1-4-22(24)13-12-20(2)15(14-22)8-9-16-17-6-5-7-19(23)21(17,3)11-10-18(16)20/h1,8,16-18,24H,5-7,9-14H2,2-3H3. The average Bonchev–Trinajstić information content (AvgIpc) is 2.57. The summed E-state index contributed by atoms with van der Waals surface area (Å²) >= 11 is 0. The Morgan fingerprint density at radius 3 is 2.67 bits per heavy atom. The fourth-order valence-corrected chi connectivity index (χ4v) is 6.74. The van der Waals surface area contributed by atoms with Crippen molar-refractivity contribution in [2.75, 3.05) is 0 Å². The molecule has 2 nitrogen and oxygen atoms in total. The van der Waals surface area contributed by atoms with Crippen LogP contribution in [-0.4, -0.2) is 16.5 Å². The van der Waals surface area contributed by atoms with Crippen LogP contribution in [0.15, 0.2) is 11.6 Å². The van der Waals surface area contributed by atoms with Gasteiger partial charge in [0.2, 0.25) is 0 Å². The van der Waals surface area contributed by atoms with Crippen LogP contribution in [-0.2, 0) is 4.79 Å². The van der Waals surface area contributed by atoms with E-state index in [1.807, 2.05) is 0 Å². The molecule has 0 heterocycles. The largest absolute Gasteiger partial charge is 0.377 e. The zero-order chi connectivity index (χ0) is 17.2. The van der Waals surface area contributed by atoms with Crippen molar-refractivity contribution in [3.05, 3.63) is 11.6 Å². The Morgan fingerprint density at radius 2 is 1.92 bits per heavy atom. The van der Waals surface area contributed by atoms with E-state index in [0.717, 1.165) is 38.5 Å². The molecule has 24 heavy (non-hydrogen) atoms. The molecule has 6 atom stereocenters. The maximum absolute atomic E-state index is 12.6. The lowest BCUT2D eigenvalue weighted by Crippen LogP contribution is -2.55. The maximum atomic E-state index is 12.6. The van der Waals surface area contributed by atoms with E-state index in [1.165, 1.54) is 12.0 Å². The second kappa shape index (κ2) is 5.21. The second-order valence-electron chi connectivity index (χ2n) is 9.38. The molecule has 0 aromatic rings. The molecule has 0 radical (unpaired) electrons. The molecule has 4 aliphatic carbocycles. The molecule has 6 unspecified atom stereocenters. The molecule has 3 fully saturated rings. The Balaban J connectivity index is 1.68. The zero-order valence-corrected chi connectivity index (χ0v) is 15.1. The third kappa shape index (κ3) is 2.10. The van der Waals surface area contributed by atoms with Gasteiger partial charge in [-0.3, -0.25) is 4.79 Å². The fraction of sp³-hybridized carbons (Fsp3) is 0.773. The molecule has 4 rings (SSSR count). The van der Waals surface area contributed by atoms with Gasteiger partial charge in [0.05, 0.1) is 0 Å². The van der Waals surface area contributed by atoms with E-state index in [4.69, 9.17) is 6.42 Å². The van der Waals surface area contributed by atoms with Gasteiger partial charge in [-0.1, -0.05) is 31.4 Å². The second-order valence-corrected chi connectivity index (χ2v) is 9.38. The Bertz CT molecular complexity index is 641. The smallest absolute Gasteiger partial charge is 0.139 e. The Hall–Kier alpha value is -1.07. The lowest BCUT2D eigenvalue weighted by Gasteiger charge is -2.59. The lowest BCUT2D eigenvalue weighted by molar-refractivity contribution is -0.145. The van der Waals surface area contributed by atoms with E-state index in [0.29, 0.717) is 36.4 Å². The van der Waals surface area contributed by atoms with Gasteiger partial charge in [0.15, 0.2) is 0 Å². The molecule has 0 aromatic carbocycles. The predicted molar refractivity (Wildman–Crippen MR) is 95.1 cm³/mol. The molecule has 0 aromatic heterocycles. The highest BCUT2D eigenvalue weighted by Crippen LogP contribution is 2.63. The molecule has 0 bridgehead atoms. The number of hydrogen-bond acceptors (Lipinski definition) is 2. The molecule has 0 spiro atoms. The van der Waals surface area contributed by atoms with E-state index >= 15 is 0 Å². The first-order valence-electron chi connectivity index (χ1n) is 9.75. The summed E-state index contributed by atoms with van der Waals surface area (Å²) in [6, 6.07) is 0. The van der Waals surface area contributed by atoms with Gasteiger partial charge >= 0.3 is 0 Å². The molecule has 0 aliphatic heterocycles. The Morgan fingerprint density at radius 1 is 1.17 bits per heavy atom. The minimum Gasteiger partial charge on any atom is -0.377 e. The van der Waals surface area contributed by atoms with Gasteiger partial charge in [-0.2, -0.15) is 0 Å². The van der Waals surface area contributed by atoms with Crippen molar-refractivity contribution in [1.82, 2.24) is 0 Å². The number of terminal acetylenes is 1. The van der Waals surface area contributed by atoms with Gasteiger partial charge in [-0.25, -0.2) is 0 Å². The molecule has 0 saturated heterocycles. The minimum atomic E-state index is -0.942. The SMILES string of the molecule is C#CC1(O)CCC2(C)C(=CCC3C4CCCC(=O)C4(C)CCC32)C1. The van der Waals surface area contributed by atoms with Gasteiger partial charge < -0.3 is 5.11 Å². The zero-order valence-electron chi connectivity index (χ0n) is 15.1. The number of allylic oxidation sites excluding steroid dienone is 1. The van der Waals surface area contributed by atoms with E-state index in [2.05, 4.69) is 25.8 Å². The highest BCUT2D eigenvalue weighted by atomic mass is 16.3.